The Bertz CT molecular complexity index is 1570. The van der Waals surface area contributed by atoms with Gasteiger partial charge in [-0.1, -0.05) is 58.9 Å². The number of allylic oxidation sites excluding steroid dienone is 5. The van der Waals surface area contributed by atoms with Crippen molar-refractivity contribution in [1.82, 2.24) is 5.32 Å². The third-order valence-corrected chi connectivity index (χ3v) is 19.2. The zero-order valence-corrected chi connectivity index (χ0v) is 33.4. The Morgan fingerprint density at radius 2 is 1.65 bits per heavy atom. The lowest BCUT2D eigenvalue weighted by Gasteiger charge is -2.72. The summed E-state index contributed by atoms with van der Waals surface area (Å²) < 4.78 is 14.0. The molecule has 13 atom stereocenters. The molecule has 8 aliphatic carbocycles. The molecule has 0 radical (unpaired) electrons. The molecule has 8 aliphatic rings. The van der Waals surface area contributed by atoms with Crippen LogP contribution in [-0.2, 0) is 4.79 Å². The molecule has 6 saturated carbocycles. The van der Waals surface area contributed by atoms with Gasteiger partial charge in [-0.25, -0.2) is 4.39 Å². The first-order valence-corrected chi connectivity index (χ1v) is 21.4. The minimum atomic E-state index is -1.26. The summed E-state index contributed by atoms with van der Waals surface area (Å²) in [4.78, 5) is 12.0. The van der Waals surface area contributed by atoms with Gasteiger partial charge in [0.25, 0.3) is 0 Å². The highest BCUT2D eigenvalue weighted by molar-refractivity contribution is 5.75. The van der Waals surface area contributed by atoms with E-state index in [2.05, 4.69) is 65.6 Å². The Morgan fingerprint density at radius 1 is 0.885 bits per heavy atom. The van der Waals surface area contributed by atoms with E-state index in [1.807, 2.05) is 0 Å². The number of rotatable bonds is 8. The summed E-state index contributed by atoms with van der Waals surface area (Å²) >= 11 is 0. The van der Waals surface area contributed by atoms with E-state index in [9.17, 15) is 24.5 Å². The van der Waals surface area contributed by atoms with E-state index in [4.69, 9.17) is 0 Å². The van der Waals surface area contributed by atoms with Crippen LogP contribution in [0.1, 0.15) is 151 Å². The summed E-state index contributed by atoms with van der Waals surface area (Å²) in [5, 5.41) is 36.2. The van der Waals surface area contributed by atoms with Crippen molar-refractivity contribution in [2.45, 2.75) is 167 Å². The molecular weight excluding hydrogens is 650 g/mol. The molecule has 0 aromatic carbocycles. The highest BCUT2D eigenvalue weighted by Gasteiger charge is 2.70. The van der Waals surface area contributed by atoms with E-state index in [1.54, 1.807) is 0 Å². The summed E-state index contributed by atoms with van der Waals surface area (Å²) in [5.74, 6) is 2.28. The van der Waals surface area contributed by atoms with Crippen LogP contribution in [0.3, 0.4) is 0 Å². The number of hydrogen-bond donors (Lipinski definition) is 4. The maximum atomic E-state index is 14.0. The van der Waals surface area contributed by atoms with E-state index in [1.165, 1.54) is 68.1 Å². The quantitative estimate of drug-likeness (QED) is 0.188. The van der Waals surface area contributed by atoms with Crippen LogP contribution in [0.2, 0.25) is 0 Å². The SMILES string of the molecule is C=C(C)[C@@H]1CC[C@]2(NCC[C@]3(O)CC[C@@]4(O)CC4C3)CC[C@]3(C)[C@H](CC[C@@H]4[C@@]5(C)CC=C(C6=CC[C@](CF)(C(=O)O)CC6)C(C)(C)[C@@H]5CC[C@]43C)[C@@H]12. The Balaban J connectivity index is 1.04. The number of aliphatic carboxylic acids is 1. The molecule has 0 saturated heterocycles. The van der Waals surface area contributed by atoms with E-state index in [0.717, 1.165) is 45.1 Å². The summed E-state index contributed by atoms with van der Waals surface area (Å²) in [5.41, 5.74) is 2.47. The van der Waals surface area contributed by atoms with Crippen LogP contribution in [0.4, 0.5) is 4.39 Å². The van der Waals surface area contributed by atoms with Gasteiger partial charge < -0.3 is 20.6 Å². The van der Waals surface area contributed by atoms with Crippen LogP contribution in [0.25, 0.3) is 0 Å². The molecular formula is C46H70FNO4. The van der Waals surface area contributed by atoms with E-state index in [-0.39, 0.29) is 27.2 Å². The fourth-order valence-electron chi connectivity index (χ4n) is 15.8. The van der Waals surface area contributed by atoms with Gasteiger partial charge in [0.15, 0.2) is 0 Å². The number of carboxylic acids is 1. The van der Waals surface area contributed by atoms with Crippen molar-refractivity contribution in [2.24, 2.45) is 62.6 Å². The van der Waals surface area contributed by atoms with Crippen molar-refractivity contribution in [2.75, 3.05) is 13.2 Å². The van der Waals surface area contributed by atoms with Gasteiger partial charge in [-0.2, -0.15) is 0 Å². The summed E-state index contributed by atoms with van der Waals surface area (Å²) in [7, 11) is 0. The standard InChI is InChI=1S/C46H70FNO4/c1-29(2)32-12-19-45(48-25-24-44(51)21-23-46(52)27-31(46)26-44)22-20-41(6)34(37(32)45)8-9-36-40(5)15-13-33(39(3,4)35(40)14-16-42(36,41)7)30-10-17-43(28-47,18-11-30)38(49)50/h10,13,31-32,34-37,48,51-52H,1,8-9,11-12,14-28H2,2-7H3,(H,49,50)/t31?,32-,34+,35-,36+,37+,40-,41+,42+,43-,44+,45-,46+/m0/s1. The van der Waals surface area contributed by atoms with Crippen LogP contribution in [0, 0.1) is 62.6 Å². The van der Waals surface area contributed by atoms with Crippen LogP contribution in [0.5, 0.6) is 0 Å². The summed E-state index contributed by atoms with van der Waals surface area (Å²) in [6, 6.07) is 0. The number of halogens is 1. The molecule has 290 valence electrons. The Labute approximate surface area is 313 Å². The first-order chi connectivity index (χ1) is 24.3. The van der Waals surface area contributed by atoms with E-state index >= 15 is 0 Å². The number of fused-ring (bicyclic) bond motifs is 8. The minimum absolute atomic E-state index is 0.0143. The molecule has 4 N–H and O–H groups in total. The van der Waals surface area contributed by atoms with Crippen LogP contribution in [0.15, 0.2) is 35.5 Å². The molecule has 0 bridgehead atoms. The normalized spacial score (nSPS) is 51.8. The van der Waals surface area contributed by atoms with Crippen molar-refractivity contribution in [1.29, 1.82) is 0 Å². The maximum Gasteiger partial charge on any atom is 0.312 e. The zero-order chi connectivity index (χ0) is 37.3. The molecule has 0 aromatic rings. The second kappa shape index (κ2) is 12.0. The van der Waals surface area contributed by atoms with Crippen molar-refractivity contribution in [3.63, 3.8) is 0 Å². The lowest BCUT2D eigenvalue weighted by Crippen LogP contribution is -2.68. The number of carbonyl (C=O) groups is 1. The molecule has 6 fully saturated rings. The fraction of sp³-hybridized carbons (Fsp3) is 0.848. The second-order valence-electron chi connectivity index (χ2n) is 21.6. The zero-order valence-electron chi connectivity index (χ0n) is 33.4. The highest BCUT2D eigenvalue weighted by atomic mass is 19.1. The first-order valence-electron chi connectivity index (χ1n) is 21.4. The van der Waals surface area contributed by atoms with Gasteiger partial charge in [0.05, 0.1) is 16.6 Å². The predicted octanol–water partition coefficient (Wildman–Crippen LogP) is 9.73. The van der Waals surface area contributed by atoms with Gasteiger partial charge in [-0.3, -0.25) is 4.79 Å². The summed E-state index contributed by atoms with van der Waals surface area (Å²) in [6.07, 6.45) is 20.8. The minimum Gasteiger partial charge on any atom is -0.481 e. The topological polar surface area (TPSA) is 89.8 Å². The summed E-state index contributed by atoms with van der Waals surface area (Å²) in [6.45, 7) is 19.9. The van der Waals surface area contributed by atoms with Crippen molar-refractivity contribution < 1.29 is 24.5 Å². The smallest absolute Gasteiger partial charge is 0.312 e. The number of alkyl halides is 1. The van der Waals surface area contributed by atoms with Gasteiger partial charge in [0.1, 0.15) is 6.67 Å². The largest absolute Gasteiger partial charge is 0.481 e. The van der Waals surface area contributed by atoms with Gasteiger partial charge in [-0.15, -0.1) is 0 Å². The Kier molecular flexibility index (Phi) is 8.64. The van der Waals surface area contributed by atoms with Crippen LogP contribution < -0.4 is 5.32 Å². The molecule has 1 unspecified atom stereocenters. The first kappa shape index (κ1) is 37.4. The molecule has 0 aliphatic heterocycles. The third kappa shape index (κ3) is 5.17. The molecule has 0 aromatic heterocycles. The number of nitrogens with one attached hydrogen (secondary N) is 1. The Morgan fingerprint density at radius 3 is 2.31 bits per heavy atom. The third-order valence-electron chi connectivity index (χ3n) is 19.2. The molecule has 8 rings (SSSR count). The van der Waals surface area contributed by atoms with Crippen molar-refractivity contribution in [3.05, 3.63) is 35.5 Å². The molecule has 6 heteroatoms. The van der Waals surface area contributed by atoms with Gasteiger partial charge in [-0.05, 0) is 191 Å². The van der Waals surface area contributed by atoms with Crippen molar-refractivity contribution in [3.8, 4) is 0 Å². The van der Waals surface area contributed by atoms with Gasteiger partial charge >= 0.3 is 5.97 Å². The molecule has 0 spiro atoms. The predicted molar refractivity (Wildman–Crippen MR) is 205 cm³/mol. The highest BCUT2D eigenvalue weighted by Crippen LogP contribution is 2.76. The average Bonchev–Trinajstić information content (AvgIpc) is 3.58. The maximum absolute atomic E-state index is 14.0. The van der Waals surface area contributed by atoms with Crippen molar-refractivity contribution >= 4 is 5.97 Å². The molecule has 5 nitrogen and oxygen atoms in total. The van der Waals surface area contributed by atoms with Gasteiger partial charge in [0.2, 0.25) is 0 Å². The van der Waals surface area contributed by atoms with Crippen LogP contribution >= 0.6 is 0 Å². The average molecular weight is 720 g/mol. The number of hydrogen-bond acceptors (Lipinski definition) is 4. The molecule has 52 heavy (non-hydrogen) atoms. The molecule has 0 amide bonds. The number of aliphatic hydroxyl groups is 2. The van der Waals surface area contributed by atoms with E-state index in [0.29, 0.717) is 54.8 Å². The second-order valence-corrected chi connectivity index (χ2v) is 21.6. The Hall–Kier alpha value is -1.50. The fourth-order valence-corrected chi connectivity index (χ4v) is 15.8. The molecule has 0 heterocycles. The van der Waals surface area contributed by atoms with Gasteiger partial charge in [0, 0.05) is 5.54 Å². The lowest BCUT2D eigenvalue weighted by atomic mass is 9.33. The monoisotopic (exact) mass is 720 g/mol. The van der Waals surface area contributed by atoms with E-state index < -0.39 is 29.3 Å². The lowest BCUT2D eigenvalue weighted by molar-refractivity contribution is -0.221. The van der Waals surface area contributed by atoms with Crippen LogP contribution in [-0.4, -0.2) is 51.2 Å². The number of carboxylic acid groups (broad SMARTS) is 1.